The van der Waals surface area contributed by atoms with E-state index in [0.29, 0.717) is 12.1 Å². The highest BCUT2D eigenvalue weighted by molar-refractivity contribution is 7.09. The van der Waals surface area contributed by atoms with Gasteiger partial charge in [-0.3, -0.25) is 4.99 Å². The fourth-order valence-electron chi connectivity index (χ4n) is 2.97. The molecule has 0 spiro atoms. The third kappa shape index (κ3) is 5.63. The van der Waals surface area contributed by atoms with Crippen LogP contribution in [0.25, 0.3) is 0 Å². The molecular weight excluding hydrogens is 413 g/mol. The van der Waals surface area contributed by atoms with Gasteiger partial charge in [-0.25, -0.2) is 4.98 Å². The number of anilines is 1. The maximum Gasteiger partial charge on any atom is 0.416 e. The highest BCUT2D eigenvalue weighted by Gasteiger charge is 2.29. The summed E-state index contributed by atoms with van der Waals surface area (Å²) in [6, 6.07) is 4.83. The molecule has 0 radical (unpaired) electrons. The summed E-state index contributed by atoms with van der Waals surface area (Å²) in [5.74, 6) is 7.43. The third-order valence-corrected chi connectivity index (χ3v) is 5.43. The van der Waals surface area contributed by atoms with Gasteiger partial charge in [0.1, 0.15) is 5.82 Å². The summed E-state index contributed by atoms with van der Waals surface area (Å²) in [7, 11) is 1.72. The maximum atomic E-state index is 12.6. The Kier molecular flexibility index (Phi) is 7.15. The van der Waals surface area contributed by atoms with E-state index in [2.05, 4.69) is 41.3 Å². The Morgan fingerprint density at radius 3 is 2.47 bits per heavy atom. The van der Waals surface area contributed by atoms with E-state index in [-0.39, 0.29) is 0 Å². The lowest BCUT2D eigenvalue weighted by Gasteiger charge is -2.36. The first-order valence-electron chi connectivity index (χ1n) is 9.60. The molecule has 0 atom stereocenters. The van der Waals surface area contributed by atoms with E-state index >= 15 is 0 Å². The van der Waals surface area contributed by atoms with Crippen molar-refractivity contribution in [2.75, 3.05) is 44.7 Å². The molecule has 1 aromatic carbocycles. The quantitative estimate of drug-likeness (QED) is 0.456. The van der Waals surface area contributed by atoms with Gasteiger partial charge in [0.15, 0.2) is 5.96 Å². The maximum absolute atomic E-state index is 12.6. The van der Waals surface area contributed by atoms with E-state index in [9.17, 15) is 13.2 Å². The van der Waals surface area contributed by atoms with Crippen LogP contribution in [0.15, 0.2) is 29.3 Å². The minimum absolute atomic E-state index is 0.351. The number of nitrogens with one attached hydrogen (secondary N) is 1. The minimum atomic E-state index is -4.33. The van der Waals surface area contributed by atoms with Crippen LogP contribution in [-0.4, -0.2) is 60.0 Å². The molecule has 0 bridgehead atoms. The molecule has 0 amide bonds. The molecule has 1 aliphatic heterocycles. The molecular formula is C20H23F3N6S. The second-order valence-corrected chi connectivity index (χ2v) is 7.33. The van der Waals surface area contributed by atoms with Gasteiger partial charge in [0.05, 0.1) is 12.1 Å². The van der Waals surface area contributed by atoms with Gasteiger partial charge in [0.25, 0.3) is 0 Å². The van der Waals surface area contributed by atoms with E-state index in [1.165, 1.54) is 23.7 Å². The van der Waals surface area contributed by atoms with E-state index in [1.54, 1.807) is 7.05 Å². The highest BCUT2D eigenvalue weighted by atomic mass is 32.1. The fourth-order valence-corrected chi connectivity index (χ4v) is 3.77. The molecule has 1 aliphatic rings. The van der Waals surface area contributed by atoms with Crippen molar-refractivity contribution in [3.8, 4) is 11.8 Å². The number of piperazine rings is 1. The number of aromatic nitrogens is 2. The van der Waals surface area contributed by atoms with Gasteiger partial charge in [-0.15, -0.1) is 0 Å². The minimum Gasteiger partial charge on any atom is -0.345 e. The van der Waals surface area contributed by atoms with Crippen LogP contribution in [0.5, 0.6) is 0 Å². The first-order chi connectivity index (χ1) is 14.4. The summed E-state index contributed by atoms with van der Waals surface area (Å²) in [6.45, 7) is 5.65. The summed E-state index contributed by atoms with van der Waals surface area (Å²) in [6.07, 6.45) is -3.50. The lowest BCUT2D eigenvalue weighted by Crippen LogP contribution is -2.52. The molecule has 3 rings (SSSR count). The lowest BCUT2D eigenvalue weighted by atomic mass is 10.1. The molecule has 2 heterocycles. The van der Waals surface area contributed by atoms with Gasteiger partial charge in [0.2, 0.25) is 5.13 Å². The van der Waals surface area contributed by atoms with Crippen molar-refractivity contribution in [1.29, 1.82) is 0 Å². The molecule has 6 nitrogen and oxygen atoms in total. The average Bonchev–Trinajstić information content (AvgIpc) is 3.23. The monoisotopic (exact) mass is 436 g/mol. The molecule has 10 heteroatoms. The van der Waals surface area contributed by atoms with Crippen LogP contribution in [0.4, 0.5) is 18.3 Å². The van der Waals surface area contributed by atoms with Gasteiger partial charge in [-0.05, 0) is 24.3 Å². The van der Waals surface area contributed by atoms with Gasteiger partial charge in [-0.2, -0.15) is 17.5 Å². The number of alkyl halides is 3. The van der Waals surface area contributed by atoms with Crippen LogP contribution in [0.2, 0.25) is 0 Å². The Morgan fingerprint density at radius 2 is 1.90 bits per heavy atom. The Bertz CT molecular complexity index is 918. The van der Waals surface area contributed by atoms with Crippen LogP contribution in [0.1, 0.15) is 23.9 Å². The second-order valence-electron chi connectivity index (χ2n) is 6.60. The number of halogens is 3. The van der Waals surface area contributed by atoms with Crippen molar-refractivity contribution in [3.63, 3.8) is 0 Å². The third-order valence-electron chi connectivity index (χ3n) is 4.61. The molecule has 1 aromatic heterocycles. The molecule has 160 valence electrons. The predicted molar refractivity (Wildman–Crippen MR) is 113 cm³/mol. The van der Waals surface area contributed by atoms with Crippen molar-refractivity contribution >= 4 is 22.6 Å². The Balaban J connectivity index is 1.48. The molecule has 0 saturated carbocycles. The summed E-state index contributed by atoms with van der Waals surface area (Å²) in [5.41, 5.74) is -0.137. The molecule has 2 aromatic rings. The van der Waals surface area contributed by atoms with Crippen molar-refractivity contribution in [2.24, 2.45) is 4.99 Å². The predicted octanol–water partition coefficient (Wildman–Crippen LogP) is 2.87. The molecule has 0 unspecified atom stereocenters. The van der Waals surface area contributed by atoms with Crippen molar-refractivity contribution in [3.05, 3.63) is 41.2 Å². The largest absolute Gasteiger partial charge is 0.416 e. The number of rotatable bonds is 3. The molecule has 30 heavy (non-hydrogen) atoms. The highest BCUT2D eigenvalue weighted by Crippen LogP contribution is 2.28. The Morgan fingerprint density at radius 1 is 1.20 bits per heavy atom. The van der Waals surface area contributed by atoms with Crippen LogP contribution in [0.3, 0.4) is 0 Å². The van der Waals surface area contributed by atoms with Gasteiger partial charge in [0, 0.05) is 56.7 Å². The standard InChI is InChI=1S/C20H23F3N6S/c1-3-17-26-19(30-27-17)29-13-11-28(12-14-29)18(24-2)25-10-4-5-15-6-8-16(9-7-15)20(21,22)23/h6-9H,3,10-14H2,1-2H3,(H,24,25). The number of hydrogen-bond acceptors (Lipinski definition) is 5. The number of benzene rings is 1. The lowest BCUT2D eigenvalue weighted by molar-refractivity contribution is -0.137. The number of guanidine groups is 1. The zero-order valence-electron chi connectivity index (χ0n) is 16.8. The Labute approximate surface area is 178 Å². The second kappa shape index (κ2) is 9.80. The first kappa shape index (κ1) is 21.9. The number of aliphatic imine (C=N–C) groups is 1. The normalized spacial score (nSPS) is 15.0. The van der Waals surface area contributed by atoms with Crippen molar-refractivity contribution in [2.45, 2.75) is 19.5 Å². The SMILES string of the molecule is CCc1nsc(N2CCN(C(=NC)NCC#Cc3ccc(C(F)(F)F)cc3)CC2)n1. The van der Waals surface area contributed by atoms with Crippen LogP contribution in [0, 0.1) is 11.8 Å². The van der Waals surface area contributed by atoms with Crippen LogP contribution < -0.4 is 10.2 Å². The number of aryl methyl sites for hydroxylation is 1. The van der Waals surface area contributed by atoms with E-state index in [4.69, 9.17) is 0 Å². The summed E-state index contributed by atoms with van der Waals surface area (Å²) < 4.78 is 42.1. The summed E-state index contributed by atoms with van der Waals surface area (Å²) in [4.78, 5) is 13.2. The number of nitrogens with zero attached hydrogens (tertiary/aromatic N) is 5. The Hall–Kier alpha value is -2.80. The molecule has 1 fully saturated rings. The molecule has 1 N–H and O–H groups in total. The zero-order valence-corrected chi connectivity index (χ0v) is 17.6. The van der Waals surface area contributed by atoms with E-state index in [0.717, 1.165) is 61.6 Å². The van der Waals surface area contributed by atoms with Gasteiger partial charge < -0.3 is 15.1 Å². The molecule has 1 saturated heterocycles. The zero-order chi connectivity index (χ0) is 21.6. The molecule has 0 aliphatic carbocycles. The average molecular weight is 437 g/mol. The van der Waals surface area contributed by atoms with Crippen LogP contribution >= 0.6 is 11.5 Å². The number of hydrogen-bond donors (Lipinski definition) is 1. The fraction of sp³-hybridized carbons (Fsp3) is 0.450. The van der Waals surface area contributed by atoms with E-state index in [1.807, 2.05) is 6.92 Å². The first-order valence-corrected chi connectivity index (χ1v) is 10.4. The smallest absolute Gasteiger partial charge is 0.345 e. The summed E-state index contributed by atoms with van der Waals surface area (Å²) in [5, 5.41) is 4.15. The van der Waals surface area contributed by atoms with Crippen molar-refractivity contribution < 1.29 is 13.2 Å². The van der Waals surface area contributed by atoms with Gasteiger partial charge >= 0.3 is 6.18 Å². The topological polar surface area (TPSA) is 56.7 Å². The van der Waals surface area contributed by atoms with Crippen LogP contribution in [-0.2, 0) is 12.6 Å². The van der Waals surface area contributed by atoms with Gasteiger partial charge in [-0.1, -0.05) is 18.8 Å². The summed E-state index contributed by atoms with van der Waals surface area (Å²) >= 11 is 1.43. The van der Waals surface area contributed by atoms with E-state index < -0.39 is 11.7 Å². The van der Waals surface area contributed by atoms with Crippen molar-refractivity contribution in [1.82, 2.24) is 19.6 Å².